The number of halogens is 7. The summed E-state index contributed by atoms with van der Waals surface area (Å²) < 4.78 is 81.0. The Morgan fingerprint density at radius 1 is 1.25 bits per heavy atom. The summed E-state index contributed by atoms with van der Waals surface area (Å²) in [6.45, 7) is 0. The van der Waals surface area contributed by atoms with Gasteiger partial charge in [-0.3, -0.25) is 0 Å². The third kappa shape index (κ3) is 4.11. The number of pyridine rings is 1. The number of carbonyl (C=O) groups excluding carboxylic acids is 1. The molecule has 20 heavy (non-hydrogen) atoms. The number of nitrogens with zero attached hydrogens (tertiary/aromatic N) is 1. The molecule has 0 unspecified atom stereocenters. The Balaban J connectivity index is 3.46. The summed E-state index contributed by atoms with van der Waals surface area (Å²) in [7, 11) is 0.851. The molecule has 1 aromatic heterocycles. The van der Waals surface area contributed by atoms with E-state index >= 15 is 0 Å². The van der Waals surface area contributed by atoms with Gasteiger partial charge in [0.15, 0.2) is 5.69 Å². The molecule has 0 saturated heterocycles. The van der Waals surface area contributed by atoms with Gasteiger partial charge < -0.3 is 9.47 Å². The Morgan fingerprint density at radius 3 is 2.20 bits per heavy atom. The lowest BCUT2D eigenvalue weighted by Gasteiger charge is -2.15. The predicted molar refractivity (Wildman–Crippen MR) is 60.0 cm³/mol. The second-order valence-electron chi connectivity index (χ2n) is 3.21. The third-order valence-electron chi connectivity index (χ3n) is 1.83. The van der Waals surface area contributed by atoms with Gasteiger partial charge in [-0.1, -0.05) is 0 Å². The van der Waals surface area contributed by atoms with Gasteiger partial charge in [0, 0.05) is 3.57 Å². The number of hydrogen-bond donors (Lipinski definition) is 0. The summed E-state index contributed by atoms with van der Waals surface area (Å²) in [6.07, 6.45) is -10.3. The smallest absolute Gasteiger partial charge is 0.465 e. The highest BCUT2D eigenvalue weighted by atomic mass is 127. The number of aromatic nitrogens is 1. The molecule has 4 nitrogen and oxygen atoms in total. The maximum Gasteiger partial charge on any atom is 0.574 e. The Labute approximate surface area is 121 Å². The molecule has 0 saturated carbocycles. The number of carbonyl (C=O) groups is 1. The molecule has 0 fully saturated rings. The zero-order chi connectivity index (χ0) is 15.7. The highest BCUT2D eigenvalue weighted by Gasteiger charge is 2.40. The molecule has 0 bridgehead atoms. The SMILES string of the molecule is COC(=O)c1cc(I)c(C(F)(F)F)nc1OC(F)(F)F. The van der Waals surface area contributed by atoms with Crippen LogP contribution in [0.5, 0.6) is 5.88 Å². The van der Waals surface area contributed by atoms with Crippen LogP contribution in [0, 0.1) is 3.57 Å². The van der Waals surface area contributed by atoms with Gasteiger partial charge >= 0.3 is 18.5 Å². The van der Waals surface area contributed by atoms with Crippen molar-refractivity contribution < 1.29 is 40.6 Å². The predicted octanol–water partition coefficient (Wildman–Crippen LogP) is 3.39. The molecular weight excluding hydrogens is 411 g/mol. The minimum Gasteiger partial charge on any atom is -0.465 e. The van der Waals surface area contributed by atoms with Crippen LogP contribution >= 0.6 is 22.6 Å². The molecule has 11 heteroatoms. The van der Waals surface area contributed by atoms with Gasteiger partial charge in [-0.15, -0.1) is 13.2 Å². The van der Waals surface area contributed by atoms with Crippen molar-refractivity contribution in [1.82, 2.24) is 4.98 Å². The van der Waals surface area contributed by atoms with Crippen LogP contribution in [0.1, 0.15) is 16.1 Å². The van der Waals surface area contributed by atoms with Crippen molar-refractivity contribution in [2.75, 3.05) is 7.11 Å². The molecular formula is C9H4F6INO3. The number of ether oxygens (including phenoxy) is 2. The first kappa shape index (κ1) is 16.8. The first-order valence-electron chi connectivity index (χ1n) is 4.57. The van der Waals surface area contributed by atoms with Crippen molar-refractivity contribution in [2.24, 2.45) is 0 Å². The van der Waals surface area contributed by atoms with E-state index < -0.39 is 39.2 Å². The van der Waals surface area contributed by atoms with Crippen molar-refractivity contribution in [1.29, 1.82) is 0 Å². The highest BCUT2D eigenvalue weighted by Crippen LogP contribution is 2.35. The van der Waals surface area contributed by atoms with Gasteiger partial charge in [0.1, 0.15) is 5.56 Å². The molecule has 0 aliphatic carbocycles. The number of methoxy groups -OCH3 is 1. The van der Waals surface area contributed by atoms with Crippen LogP contribution in [0.4, 0.5) is 26.3 Å². The zero-order valence-electron chi connectivity index (χ0n) is 9.40. The Kier molecular flexibility index (Phi) is 4.71. The summed E-state index contributed by atoms with van der Waals surface area (Å²) in [4.78, 5) is 14.0. The summed E-state index contributed by atoms with van der Waals surface area (Å²) >= 11 is 1.19. The van der Waals surface area contributed by atoms with Gasteiger partial charge in [-0.25, -0.2) is 9.78 Å². The number of esters is 1. The van der Waals surface area contributed by atoms with Crippen molar-refractivity contribution in [3.8, 4) is 5.88 Å². The minimum atomic E-state index is -5.30. The van der Waals surface area contributed by atoms with Gasteiger partial charge in [-0.2, -0.15) is 13.2 Å². The Hall–Kier alpha value is -1.27. The Morgan fingerprint density at radius 2 is 1.80 bits per heavy atom. The van der Waals surface area contributed by atoms with Crippen LogP contribution in [0.25, 0.3) is 0 Å². The summed E-state index contributed by atoms with van der Waals surface area (Å²) in [5.41, 5.74) is -2.45. The number of alkyl halides is 6. The van der Waals surface area contributed by atoms with Gasteiger partial charge in [0.25, 0.3) is 0 Å². The standard InChI is InChI=1S/C9H4F6INO3/c1-19-7(18)3-2-4(16)5(8(10,11)12)17-6(3)20-9(13,14)15/h2H,1H3. The normalized spacial score (nSPS) is 12.2. The average Bonchev–Trinajstić information content (AvgIpc) is 2.26. The molecule has 0 radical (unpaired) electrons. The minimum absolute atomic E-state index is 0.559. The van der Waals surface area contributed by atoms with Crippen LogP contribution in [0.15, 0.2) is 6.07 Å². The van der Waals surface area contributed by atoms with Crippen molar-refractivity contribution in [3.63, 3.8) is 0 Å². The second-order valence-corrected chi connectivity index (χ2v) is 4.37. The molecule has 0 aromatic carbocycles. The fourth-order valence-corrected chi connectivity index (χ4v) is 1.85. The fraction of sp³-hybridized carbons (Fsp3) is 0.333. The zero-order valence-corrected chi connectivity index (χ0v) is 11.6. The topological polar surface area (TPSA) is 48.4 Å². The molecule has 1 heterocycles. The van der Waals surface area contributed by atoms with E-state index in [4.69, 9.17) is 0 Å². The molecule has 1 aromatic rings. The van der Waals surface area contributed by atoms with Crippen molar-refractivity contribution in [2.45, 2.75) is 12.5 Å². The summed E-state index contributed by atoms with van der Waals surface area (Å²) in [5.74, 6) is -2.82. The fourth-order valence-electron chi connectivity index (χ4n) is 1.11. The van der Waals surface area contributed by atoms with E-state index in [-0.39, 0.29) is 0 Å². The summed E-state index contributed by atoms with van der Waals surface area (Å²) in [6, 6.07) is 0.559. The van der Waals surface area contributed by atoms with E-state index in [1.54, 1.807) is 0 Å². The highest BCUT2D eigenvalue weighted by molar-refractivity contribution is 14.1. The van der Waals surface area contributed by atoms with E-state index in [2.05, 4.69) is 14.5 Å². The lowest BCUT2D eigenvalue weighted by Crippen LogP contribution is -2.22. The van der Waals surface area contributed by atoms with Crippen LogP contribution in [0.2, 0.25) is 0 Å². The third-order valence-corrected chi connectivity index (χ3v) is 2.65. The van der Waals surface area contributed by atoms with E-state index in [0.717, 1.165) is 7.11 Å². The lowest BCUT2D eigenvalue weighted by molar-refractivity contribution is -0.276. The molecule has 0 amide bonds. The van der Waals surface area contributed by atoms with Crippen LogP contribution in [-0.4, -0.2) is 24.4 Å². The maximum atomic E-state index is 12.6. The average molecular weight is 415 g/mol. The quantitative estimate of drug-likeness (QED) is 0.423. The molecule has 0 spiro atoms. The summed E-state index contributed by atoms with van der Waals surface area (Å²) in [5, 5.41) is 0. The number of hydrogen-bond acceptors (Lipinski definition) is 4. The molecule has 0 atom stereocenters. The van der Waals surface area contributed by atoms with Gasteiger partial charge in [0.2, 0.25) is 5.88 Å². The molecule has 0 aliphatic rings. The van der Waals surface area contributed by atoms with E-state index in [0.29, 0.717) is 6.07 Å². The molecule has 112 valence electrons. The molecule has 0 N–H and O–H groups in total. The number of rotatable bonds is 2. The van der Waals surface area contributed by atoms with Crippen molar-refractivity contribution in [3.05, 3.63) is 20.9 Å². The van der Waals surface area contributed by atoms with E-state index in [1.807, 2.05) is 0 Å². The van der Waals surface area contributed by atoms with E-state index in [1.165, 1.54) is 22.6 Å². The maximum absolute atomic E-state index is 12.6. The lowest BCUT2D eigenvalue weighted by atomic mass is 10.2. The monoisotopic (exact) mass is 415 g/mol. The largest absolute Gasteiger partial charge is 0.574 e. The van der Waals surface area contributed by atoms with Crippen molar-refractivity contribution >= 4 is 28.6 Å². The first-order valence-corrected chi connectivity index (χ1v) is 5.65. The van der Waals surface area contributed by atoms with E-state index in [9.17, 15) is 31.1 Å². The van der Waals surface area contributed by atoms with Crippen LogP contribution in [0.3, 0.4) is 0 Å². The first-order chi connectivity index (χ1) is 8.95. The molecule has 1 rings (SSSR count). The van der Waals surface area contributed by atoms with Gasteiger partial charge in [0.05, 0.1) is 7.11 Å². The molecule has 0 aliphatic heterocycles. The van der Waals surface area contributed by atoms with Crippen LogP contribution < -0.4 is 4.74 Å². The van der Waals surface area contributed by atoms with Gasteiger partial charge in [-0.05, 0) is 28.7 Å². The Bertz CT molecular complexity index is 528. The van der Waals surface area contributed by atoms with Crippen LogP contribution in [-0.2, 0) is 10.9 Å². The second kappa shape index (κ2) is 5.61.